The second-order valence-electron chi connectivity index (χ2n) is 5.21. The molecule has 0 spiro atoms. The van der Waals surface area contributed by atoms with E-state index in [0.717, 1.165) is 44.7 Å². The number of nitrogens with zero attached hydrogens (tertiary/aromatic N) is 2. The van der Waals surface area contributed by atoms with Crippen LogP contribution >= 0.6 is 24.0 Å². The number of hydrogen-bond donors (Lipinski definition) is 2. The molecule has 0 amide bonds. The van der Waals surface area contributed by atoms with Crippen LogP contribution in [0.1, 0.15) is 26.7 Å². The van der Waals surface area contributed by atoms with Crippen LogP contribution < -0.4 is 10.6 Å². The van der Waals surface area contributed by atoms with Gasteiger partial charge in [0.2, 0.25) is 0 Å². The maximum absolute atomic E-state index is 5.32. The molecule has 1 fully saturated rings. The van der Waals surface area contributed by atoms with Crippen LogP contribution in [0.5, 0.6) is 0 Å². The van der Waals surface area contributed by atoms with E-state index in [4.69, 9.17) is 9.73 Å². The van der Waals surface area contributed by atoms with E-state index in [2.05, 4.69) is 36.6 Å². The quantitative estimate of drug-likeness (QED) is 0.268. The smallest absolute Gasteiger partial charge is 0.191 e. The Morgan fingerprint density at radius 2 is 2.00 bits per heavy atom. The van der Waals surface area contributed by atoms with E-state index in [1.54, 1.807) is 0 Å². The van der Waals surface area contributed by atoms with Crippen molar-refractivity contribution in [3.05, 3.63) is 0 Å². The van der Waals surface area contributed by atoms with Gasteiger partial charge in [0.25, 0.3) is 0 Å². The zero-order valence-corrected chi connectivity index (χ0v) is 15.6. The average Bonchev–Trinajstić information content (AvgIpc) is 3.18. The molecule has 2 N–H and O–H groups in total. The Bertz CT molecular complexity index is 268. The molecule has 1 rings (SSSR count). The molecule has 0 aromatic carbocycles. The molecule has 0 aromatic heterocycles. The van der Waals surface area contributed by atoms with Crippen LogP contribution in [0.2, 0.25) is 0 Å². The highest BCUT2D eigenvalue weighted by Crippen LogP contribution is 2.34. The third-order valence-corrected chi connectivity index (χ3v) is 3.35. The van der Waals surface area contributed by atoms with Crippen LogP contribution in [-0.2, 0) is 4.74 Å². The highest BCUT2D eigenvalue weighted by Gasteiger charge is 2.32. The lowest BCUT2D eigenvalue weighted by atomic mass is 10.2. The summed E-state index contributed by atoms with van der Waals surface area (Å²) in [7, 11) is 4.29. The summed E-state index contributed by atoms with van der Waals surface area (Å²) in [5, 5.41) is 6.58. The molecular weight excluding hydrogens is 367 g/mol. The van der Waals surface area contributed by atoms with Gasteiger partial charge in [0.05, 0.1) is 13.2 Å². The first-order valence-electron chi connectivity index (χ1n) is 7.45. The summed E-state index contributed by atoms with van der Waals surface area (Å²) < 4.78 is 5.32. The van der Waals surface area contributed by atoms with Crippen molar-refractivity contribution in [2.75, 3.05) is 46.9 Å². The Morgan fingerprint density at radius 1 is 1.30 bits per heavy atom. The van der Waals surface area contributed by atoms with Crippen molar-refractivity contribution in [1.82, 2.24) is 15.5 Å². The molecule has 0 radical (unpaired) electrons. The zero-order valence-electron chi connectivity index (χ0n) is 13.3. The molecule has 1 aliphatic carbocycles. The molecule has 0 saturated heterocycles. The van der Waals surface area contributed by atoms with E-state index in [-0.39, 0.29) is 24.0 Å². The Labute approximate surface area is 140 Å². The van der Waals surface area contributed by atoms with Crippen LogP contribution in [0.25, 0.3) is 0 Å². The van der Waals surface area contributed by atoms with Gasteiger partial charge in [-0.05, 0) is 46.7 Å². The van der Waals surface area contributed by atoms with E-state index >= 15 is 0 Å². The second kappa shape index (κ2) is 11.6. The fourth-order valence-corrected chi connectivity index (χ4v) is 2.13. The standard InChI is InChI=1S/C14H30N4O.HI/c1-5-15-14(16-9-10-19-6-2)17-11-13(18(3)4)12-7-8-12;/h12-13H,5-11H2,1-4H3,(H2,15,16,17);1H. The molecule has 0 aromatic rings. The van der Waals surface area contributed by atoms with Gasteiger partial charge < -0.3 is 20.3 Å². The molecule has 1 aliphatic rings. The van der Waals surface area contributed by atoms with Crippen molar-refractivity contribution in [1.29, 1.82) is 0 Å². The molecular formula is C14H31IN4O. The molecule has 20 heavy (non-hydrogen) atoms. The van der Waals surface area contributed by atoms with Crippen molar-refractivity contribution in [3.63, 3.8) is 0 Å². The Balaban J connectivity index is 0.00000361. The van der Waals surface area contributed by atoms with Crippen molar-refractivity contribution >= 4 is 29.9 Å². The summed E-state index contributed by atoms with van der Waals surface area (Å²) in [6.07, 6.45) is 2.71. The first kappa shape index (κ1) is 19.9. The van der Waals surface area contributed by atoms with Gasteiger partial charge in [0.1, 0.15) is 0 Å². The van der Waals surface area contributed by atoms with Crippen molar-refractivity contribution in [2.24, 2.45) is 10.9 Å². The van der Waals surface area contributed by atoms with Gasteiger partial charge in [0, 0.05) is 25.7 Å². The van der Waals surface area contributed by atoms with Crippen LogP contribution in [0.15, 0.2) is 4.99 Å². The molecule has 6 heteroatoms. The third-order valence-electron chi connectivity index (χ3n) is 3.35. The number of likely N-dealkylation sites (N-methyl/N-ethyl adjacent to an activating group) is 1. The number of nitrogens with one attached hydrogen (secondary N) is 2. The molecule has 1 atom stereocenters. The summed E-state index contributed by atoms with van der Waals surface area (Å²) in [5.74, 6) is 1.74. The topological polar surface area (TPSA) is 48.9 Å². The lowest BCUT2D eigenvalue weighted by Gasteiger charge is -2.22. The summed E-state index contributed by atoms with van der Waals surface area (Å²) in [6, 6.07) is 0.572. The van der Waals surface area contributed by atoms with Crippen LogP contribution in [-0.4, -0.2) is 63.8 Å². The summed E-state index contributed by atoms with van der Waals surface area (Å²) in [6.45, 7) is 8.13. The summed E-state index contributed by atoms with van der Waals surface area (Å²) in [5.41, 5.74) is 0. The van der Waals surface area contributed by atoms with Crippen LogP contribution in [0.4, 0.5) is 0 Å². The number of halogens is 1. The number of guanidine groups is 1. The first-order valence-corrected chi connectivity index (χ1v) is 7.45. The minimum Gasteiger partial charge on any atom is -0.380 e. The predicted octanol–water partition coefficient (Wildman–Crippen LogP) is 1.54. The minimum absolute atomic E-state index is 0. The first-order chi connectivity index (χ1) is 9.19. The van der Waals surface area contributed by atoms with Gasteiger partial charge in [0.15, 0.2) is 5.96 Å². The van der Waals surface area contributed by atoms with Gasteiger partial charge in [-0.25, -0.2) is 0 Å². The fourth-order valence-electron chi connectivity index (χ4n) is 2.13. The number of rotatable bonds is 9. The van der Waals surface area contributed by atoms with Crippen LogP contribution in [0.3, 0.4) is 0 Å². The maximum atomic E-state index is 5.32. The summed E-state index contributed by atoms with van der Waals surface area (Å²) in [4.78, 5) is 6.99. The van der Waals surface area contributed by atoms with Crippen molar-refractivity contribution in [2.45, 2.75) is 32.7 Å². The molecule has 0 heterocycles. The lowest BCUT2D eigenvalue weighted by Crippen LogP contribution is -2.41. The predicted molar refractivity (Wildman–Crippen MR) is 96.1 cm³/mol. The van der Waals surface area contributed by atoms with E-state index in [0.29, 0.717) is 6.04 Å². The SMILES string of the molecule is CCNC(=NCC(C1CC1)N(C)C)NCCOCC.I. The highest BCUT2D eigenvalue weighted by atomic mass is 127. The molecule has 0 aliphatic heterocycles. The van der Waals surface area contributed by atoms with Gasteiger partial charge in [-0.2, -0.15) is 0 Å². The Kier molecular flexibility index (Phi) is 11.5. The fraction of sp³-hybridized carbons (Fsp3) is 0.929. The van der Waals surface area contributed by atoms with Gasteiger partial charge >= 0.3 is 0 Å². The summed E-state index contributed by atoms with van der Waals surface area (Å²) >= 11 is 0. The number of hydrogen-bond acceptors (Lipinski definition) is 3. The molecule has 0 bridgehead atoms. The van der Waals surface area contributed by atoms with E-state index in [9.17, 15) is 0 Å². The molecule has 120 valence electrons. The third kappa shape index (κ3) is 8.26. The molecule has 1 unspecified atom stereocenters. The maximum Gasteiger partial charge on any atom is 0.191 e. The molecule has 1 saturated carbocycles. The van der Waals surface area contributed by atoms with Crippen molar-refractivity contribution in [3.8, 4) is 0 Å². The largest absolute Gasteiger partial charge is 0.380 e. The normalized spacial score (nSPS) is 16.8. The Hall–Kier alpha value is -0.0800. The van der Waals surface area contributed by atoms with E-state index < -0.39 is 0 Å². The minimum atomic E-state index is 0. The van der Waals surface area contributed by atoms with E-state index in [1.165, 1.54) is 12.8 Å². The Morgan fingerprint density at radius 3 is 2.50 bits per heavy atom. The van der Waals surface area contributed by atoms with Gasteiger partial charge in [-0.1, -0.05) is 0 Å². The zero-order chi connectivity index (χ0) is 14.1. The van der Waals surface area contributed by atoms with E-state index in [1.807, 2.05) is 6.92 Å². The van der Waals surface area contributed by atoms with Gasteiger partial charge in [-0.15, -0.1) is 24.0 Å². The average molecular weight is 398 g/mol. The van der Waals surface area contributed by atoms with Crippen LogP contribution in [0, 0.1) is 5.92 Å². The highest BCUT2D eigenvalue weighted by molar-refractivity contribution is 14.0. The monoisotopic (exact) mass is 398 g/mol. The second-order valence-corrected chi connectivity index (χ2v) is 5.21. The number of aliphatic imine (C=N–C) groups is 1. The molecule has 5 nitrogen and oxygen atoms in total. The lowest BCUT2D eigenvalue weighted by molar-refractivity contribution is 0.152. The van der Waals surface area contributed by atoms with Crippen molar-refractivity contribution < 1.29 is 4.74 Å². The number of ether oxygens (including phenoxy) is 1. The van der Waals surface area contributed by atoms with Gasteiger partial charge in [-0.3, -0.25) is 4.99 Å².